The van der Waals surface area contributed by atoms with Crippen molar-refractivity contribution in [1.82, 2.24) is 14.5 Å². The molecule has 4 rings (SSSR count). The van der Waals surface area contributed by atoms with Gasteiger partial charge in [-0.25, -0.2) is 18.2 Å². The number of amides is 1. The van der Waals surface area contributed by atoms with E-state index in [-0.39, 0.29) is 54.0 Å². The molecule has 2 fully saturated rings. The third-order valence-electron chi connectivity index (χ3n) is 6.26. The van der Waals surface area contributed by atoms with Gasteiger partial charge >= 0.3 is 0 Å². The first-order chi connectivity index (χ1) is 15.1. The molecule has 0 bridgehead atoms. The average molecular weight is 476 g/mol. The lowest BCUT2D eigenvalue weighted by atomic mass is 10.1. The van der Waals surface area contributed by atoms with Crippen LogP contribution in [0.3, 0.4) is 0 Å². The largest absolute Gasteiger partial charge is 0.340 e. The molecule has 1 aromatic heterocycles. The summed E-state index contributed by atoms with van der Waals surface area (Å²) in [5, 5.41) is 0. The molecule has 4 N–H and O–H groups in total. The Morgan fingerprint density at radius 2 is 2.03 bits per heavy atom. The Morgan fingerprint density at radius 3 is 2.66 bits per heavy atom. The molecule has 32 heavy (non-hydrogen) atoms. The predicted octanol–water partition coefficient (Wildman–Crippen LogP) is 2.56. The second-order valence-corrected chi connectivity index (χ2v) is 10.8. The van der Waals surface area contributed by atoms with E-state index < -0.39 is 34.4 Å². The molecule has 3 atom stereocenters. The molecule has 2 saturated heterocycles. The van der Waals surface area contributed by atoms with Crippen LogP contribution in [0.5, 0.6) is 0 Å². The second kappa shape index (κ2) is 8.73. The highest BCUT2D eigenvalue weighted by atomic mass is 32.3. The number of rotatable bonds is 5. The van der Waals surface area contributed by atoms with Gasteiger partial charge in [0, 0.05) is 37.5 Å². The van der Waals surface area contributed by atoms with Crippen LogP contribution >= 0.6 is 10.6 Å². The molecule has 0 saturated carbocycles. The van der Waals surface area contributed by atoms with E-state index in [1.54, 1.807) is 16.7 Å². The van der Waals surface area contributed by atoms with Crippen LogP contribution in [0.25, 0.3) is 11.0 Å². The number of likely N-dealkylation sites (N-methyl/N-ethyl adjacent to an activating group) is 1. The Hall–Kier alpha value is -2.02. The summed E-state index contributed by atoms with van der Waals surface area (Å²) in [5.41, 5.74) is 6.31. The van der Waals surface area contributed by atoms with Crippen molar-refractivity contribution in [2.75, 3.05) is 36.0 Å². The zero-order valence-corrected chi connectivity index (χ0v) is 18.6. The molecule has 3 heterocycles. The number of hydrogen-bond donors (Lipinski definition) is 3. The summed E-state index contributed by atoms with van der Waals surface area (Å²) < 4.78 is 63.2. The van der Waals surface area contributed by atoms with Crippen LogP contribution in [0.4, 0.5) is 19.1 Å². The first-order valence-electron chi connectivity index (χ1n) is 10.6. The minimum atomic E-state index is -2.69. The van der Waals surface area contributed by atoms with Crippen molar-refractivity contribution in [2.45, 2.75) is 44.6 Å². The molecule has 0 radical (unpaired) electrons. The highest BCUT2D eigenvalue weighted by Crippen LogP contribution is 2.47. The Balaban J connectivity index is 1.68. The zero-order chi connectivity index (χ0) is 23.2. The number of anilines is 1. The normalized spacial score (nSPS) is 26.5. The van der Waals surface area contributed by atoms with Crippen LogP contribution in [0.1, 0.15) is 19.8 Å². The maximum atomic E-state index is 14.0. The fourth-order valence-electron chi connectivity index (χ4n) is 4.55. The molecule has 178 valence electrons. The number of nitrogens with two attached hydrogens (primary N) is 1. The van der Waals surface area contributed by atoms with Gasteiger partial charge in [-0.2, -0.15) is 10.6 Å². The number of fused-ring (bicyclic) bond motifs is 1. The van der Waals surface area contributed by atoms with Gasteiger partial charge in [0.15, 0.2) is 11.6 Å². The van der Waals surface area contributed by atoms with Gasteiger partial charge in [0.2, 0.25) is 11.9 Å². The predicted molar refractivity (Wildman–Crippen MR) is 118 cm³/mol. The van der Waals surface area contributed by atoms with Crippen molar-refractivity contribution < 1.29 is 27.1 Å². The number of halogens is 3. The molecule has 8 nitrogen and oxygen atoms in total. The third-order valence-corrected chi connectivity index (χ3v) is 8.06. The lowest BCUT2D eigenvalue weighted by molar-refractivity contribution is -0.133. The van der Waals surface area contributed by atoms with Crippen LogP contribution in [-0.2, 0) is 11.3 Å². The van der Waals surface area contributed by atoms with Gasteiger partial charge in [-0.3, -0.25) is 13.9 Å². The van der Waals surface area contributed by atoms with E-state index in [0.717, 1.165) is 12.1 Å². The Kier molecular flexibility index (Phi) is 6.31. The van der Waals surface area contributed by atoms with Crippen LogP contribution in [0, 0.1) is 11.6 Å². The Morgan fingerprint density at radius 1 is 1.31 bits per heavy atom. The van der Waals surface area contributed by atoms with Gasteiger partial charge < -0.3 is 20.1 Å². The lowest BCUT2D eigenvalue weighted by Crippen LogP contribution is -2.50. The minimum absolute atomic E-state index is 0.128. The Labute approximate surface area is 185 Å². The van der Waals surface area contributed by atoms with Gasteiger partial charge in [-0.05, 0) is 19.8 Å². The molecule has 1 aromatic carbocycles. The first kappa shape index (κ1) is 23.1. The fraction of sp³-hybridized carbons (Fsp3) is 0.600. The van der Waals surface area contributed by atoms with E-state index >= 15 is 0 Å². The quantitative estimate of drug-likeness (QED) is 0.614. The van der Waals surface area contributed by atoms with Crippen molar-refractivity contribution >= 4 is 33.5 Å². The molecule has 0 spiro atoms. The summed E-state index contributed by atoms with van der Waals surface area (Å²) in [4.78, 5) is 21.0. The van der Waals surface area contributed by atoms with E-state index in [9.17, 15) is 27.1 Å². The molecule has 2 aliphatic rings. The average Bonchev–Trinajstić information content (AvgIpc) is 3.25. The number of nitrogens with zero attached hydrogens (tertiary/aromatic N) is 4. The van der Waals surface area contributed by atoms with Crippen molar-refractivity contribution in [2.24, 2.45) is 5.73 Å². The van der Waals surface area contributed by atoms with Crippen LogP contribution < -0.4 is 10.6 Å². The highest BCUT2D eigenvalue weighted by Gasteiger charge is 2.35. The molecular formula is C20H28F3N5O3S. The smallest absolute Gasteiger partial charge is 0.242 e. The first-order valence-corrected chi connectivity index (χ1v) is 12.5. The van der Waals surface area contributed by atoms with Crippen LogP contribution in [-0.4, -0.2) is 78.9 Å². The standard InChI is InChI=1S/C20H28F3N5O3S/c1-2-27(12-4-6-32(30,31)11-12)19(29)10-28-18-8-15(23)14(22)7-17(18)25-20(28)26-5-3-13(21)16(24)9-26/h7-8,12-13,16,30-31H,2-6,9-11,24H2,1H3/t12?,13-,16-/m1/s1. The number of alkyl halides is 1. The van der Waals surface area contributed by atoms with Gasteiger partial charge in [0.1, 0.15) is 12.7 Å². The van der Waals surface area contributed by atoms with E-state index in [4.69, 9.17) is 5.73 Å². The summed E-state index contributed by atoms with van der Waals surface area (Å²) in [7, 11) is -2.69. The van der Waals surface area contributed by atoms with Crippen LogP contribution in [0.15, 0.2) is 12.1 Å². The van der Waals surface area contributed by atoms with Gasteiger partial charge in [0.25, 0.3) is 0 Å². The summed E-state index contributed by atoms with van der Waals surface area (Å²) in [6.45, 7) is 2.42. The number of imidazole rings is 1. The topological polar surface area (TPSA) is 108 Å². The maximum absolute atomic E-state index is 14.0. The molecule has 0 aliphatic carbocycles. The summed E-state index contributed by atoms with van der Waals surface area (Å²) in [6.07, 6.45) is -0.487. The van der Waals surface area contributed by atoms with Crippen LogP contribution in [0.2, 0.25) is 0 Å². The molecule has 1 amide bonds. The SMILES string of the molecule is CCN(C(=O)Cn1c(N2CC[C@@H](F)[C@H](N)C2)nc2cc(F)c(F)cc21)C1CCS(O)(O)C1. The zero-order valence-electron chi connectivity index (χ0n) is 17.8. The fourth-order valence-corrected chi connectivity index (χ4v) is 6.33. The third kappa shape index (κ3) is 4.41. The van der Waals surface area contributed by atoms with Crippen molar-refractivity contribution in [3.05, 3.63) is 23.8 Å². The molecule has 2 aliphatic heterocycles. The van der Waals surface area contributed by atoms with Gasteiger partial charge in [0.05, 0.1) is 28.9 Å². The minimum Gasteiger partial charge on any atom is -0.340 e. The number of benzene rings is 1. The molecule has 1 unspecified atom stereocenters. The van der Waals surface area contributed by atoms with E-state index in [1.165, 1.54) is 4.57 Å². The van der Waals surface area contributed by atoms with Crippen molar-refractivity contribution in [3.8, 4) is 0 Å². The molecule has 12 heteroatoms. The molecule has 2 aromatic rings. The summed E-state index contributed by atoms with van der Waals surface area (Å²) >= 11 is 0. The van der Waals surface area contributed by atoms with Gasteiger partial charge in [-0.15, -0.1) is 0 Å². The van der Waals surface area contributed by atoms with E-state index in [2.05, 4.69) is 4.98 Å². The monoisotopic (exact) mass is 475 g/mol. The lowest BCUT2D eigenvalue weighted by Gasteiger charge is -2.34. The van der Waals surface area contributed by atoms with Gasteiger partial charge in [-0.1, -0.05) is 0 Å². The number of carbonyl (C=O) groups is 1. The summed E-state index contributed by atoms with van der Waals surface area (Å²) in [6, 6.07) is 0.928. The van der Waals surface area contributed by atoms with E-state index in [0.29, 0.717) is 25.5 Å². The number of aromatic nitrogens is 2. The van der Waals surface area contributed by atoms with Crippen molar-refractivity contribution in [3.63, 3.8) is 0 Å². The maximum Gasteiger partial charge on any atom is 0.242 e. The Bertz CT molecular complexity index is 1020. The highest BCUT2D eigenvalue weighted by molar-refractivity contribution is 8.24. The number of hydrogen-bond acceptors (Lipinski definition) is 6. The van der Waals surface area contributed by atoms with Crippen molar-refractivity contribution in [1.29, 1.82) is 0 Å². The number of piperidine rings is 1. The number of carbonyl (C=O) groups excluding carboxylic acids is 1. The summed E-state index contributed by atoms with van der Waals surface area (Å²) in [5.74, 6) is -1.74. The second-order valence-electron chi connectivity index (χ2n) is 8.46. The molecular weight excluding hydrogens is 447 g/mol. The van der Waals surface area contributed by atoms with E-state index in [1.807, 2.05) is 0 Å².